The number of halogens is 1. The van der Waals surface area contributed by atoms with Crippen LogP contribution < -0.4 is 5.32 Å². The largest absolute Gasteiger partial charge is 0.325 e. The number of amides is 3. The highest BCUT2D eigenvalue weighted by atomic mass is 127. The Morgan fingerprint density at radius 2 is 1.72 bits per heavy atom. The van der Waals surface area contributed by atoms with Crippen LogP contribution in [0.5, 0.6) is 0 Å². The van der Waals surface area contributed by atoms with Crippen molar-refractivity contribution in [1.29, 1.82) is 0 Å². The Kier molecular flexibility index (Phi) is 5.68. The van der Waals surface area contributed by atoms with E-state index in [2.05, 4.69) is 27.9 Å². The van der Waals surface area contributed by atoms with Crippen LogP contribution in [-0.4, -0.2) is 28.5 Å². The number of imide groups is 1. The van der Waals surface area contributed by atoms with Gasteiger partial charge in [0.05, 0.1) is 4.91 Å². The van der Waals surface area contributed by atoms with Gasteiger partial charge in [0, 0.05) is 9.26 Å². The zero-order valence-corrected chi connectivity index (χ0v) is 18.1. The summed E-state index contributed by atoms with van der Waals surface area (Å²) in [5.41, 5.74) is 1.48. The molecule has 1 saturated heterocycles. The number of thioether (sulfide) groups is 1. The molecule has 144 valence electrons. The number of carbonyl (C=O) groups is 3. The van der Waals surface area contributed by atoms with E-state index in [-0.39, 0.29) is 6.54 Å². The van der Waals surface area contributed by atoms with E-state index in [1.165, 1.54) is 0 Å². The van der Waals surface area contributed by atoms with Crippen LogP contribution in [-0.2, 0) is 9.59 Å². The Labute approximate surface area is 185 Å². The van der Waals surface area contributed by atoms with Gasteiger partial charge in [0.2, 0.25) is 5.91 Å². The topological polar surface area (TPSA) is 66.5 Å². The number of hydrogen-bond acceptors (Lipinski definition) is 4. The van der Waals surface area contributed by atoms with Gasteiger partial charge in [-0.2, -0.15) is 0 Å². The second-order valence-corrected chi connectivity index (χ2v) is 8.63. The molecule has 1 aliphatic heterocycles. The first-order valence-electron chi connectivity index (χ1n) is 8.80. The molecule has 0 unspecified atom stereocenters. The minimum atomic E-state index is -0.453. The van der Waals surface area contributed by atoms with Gasteiger partial charge >= 0.3 is 0 Å². The first kappa shape index (κ1) is 19.7. The van der Waals surface area contributed by atoms with Gasteiger partial charge in [0.25, 0.3) is 11.1 Å². The molecule has 0 aliphatic carbocycles. The fourth-order valence-electron chi connectivity index (χ4n) is 3.03. The lowest BCUT2D eigenvalue weighted by Gasteiger charge is -2.12. The zero-order chi connectivity index (χ0) is 20.4. The first-order valence-corrected chi connectivity index (χ1v) is 10.7. The molecule has 4 rings (SSSR count). The van der Waals surface area contributed by atoms with Gasteiger partial charge in [0.1, 0.15) is 6.54 Å². The molecule has 0 atom stereocenters. The second kappa shape index (κ2) is 8.38. The second-order valence-electron chi connectivity index (χ2n) is 6.39. The third-order valence-electron chi connectivity index (χ3n) is 4.41. The maximum Gasteiger partial charge on any atom is 0.294 e. The van der Waals surface area contributed by atoms with Crippen molar-refractivity contribution in [2.24, 2.45) is 0 Å². The molecule has 0 aromatic heterocycles. The molecular weight excluding hydrogens is 499 g/mol. The van der Waals surface area contributed by atoms with Crippen LogP contribution in [0.1, 0.15) is 5.56 Å². The molecule has 1 N–H and O–H groups in total. The van der Waals surface area contributed by atoms with E-state index in [9.17, 15) is 14.4 Å². The molecule has 0 spiro atoms. The normalized spacial score (nSPS) is 15.3. The average molecular weight is 514 g/mol. The molecule has 3 aromatic rings. The third-order valence-corrected chi connectivity index (χ3v) is 6.04. The minimum absolute atomic E-state index is 0.313. The Hall–Kier alpha value is -2.65. The van der Waals surface area contributed by atoms with E-state index < -0.39 is 17.1 Å². The van der Waals surface area contributed by atoms with Crippen LogP contribution in [0.3, 0.4) is 0 Å². The van der Waals surface area contributed by atoms with Crippen LogP contribution in [0.4, 0.5) is 10.5 Å². The van der Waals surface area contributed by atoms with E-state index >= 15 is 0 Å². The van der Waals surface area contributed by atoms with Crippen LogP contribution >= 0.6 is 34.4 Å². The van der Waals surface area contributed by atoms with Crippen LogP contribution in [0.25, 0.3) is 16.8 Å². The lowest BCUT2D eigenvalue weighted by atomic mass is 10.0. The Morgan fingerprint density at radius 1 is 1.00 bits per heavy atom. The van der Waals surface area contributed by atoms with Gasteiger partial charge in [-0.1, -0.05) is 42.5 Å². The number of carbonyl (C=O) groups excluding carboxylic acids is 3. The van der Waals surface area contributed by atoms with Gasteiger partial charge in [0.15, 0.2) is 0 Å². The quantitative estimate of drug-likeness (QED) is 0.388. The van der Waals surface area contributed by atoms with Crippen LogP contribution in [0.15, 0.2) is 71.6 Å². The number of nitrogens with zero attached hydrogens (tertiary/aromatic N) is 1. The molecule has 29 heavy (non-hydrogen) atoms. The van der Waals surface area contributed by atoms with Crippen molar-refractivity contribution in [2.45, 2.75) is 0 Å². The van der Waals surface area contributed by atoms with Gasteiger partial charge in [-0.05, 0) is 81.0 Å². The number of nitrogens with one attached hydrogen (secondary N) is 1. The van der Waals surface area contributed by atoms with E-state index in [1.807, 2.05) is 54.6 Å². The van der Waals surface area contributed by atoms with E-state index in [1.54, 1.807) is 18.2 Å². The number of rotatable bonds is 4. The highest BCUT2D eigenvalue weighted by molar-refractivity contribution is 14.1. The van der Waals surface area contributed by atoms with Crippen molar-refractivity contribution in [1.82, 2.24) is 4.90 Å². The SMILES string of the molecule is O=C(CN1C(=O)S/C(=C/c2cccc3ccccc23)C1=O)Nc1ccc(I)cc1. The van der Waals surface area contributed by atoms with E-state index in [0.717, 1.165) is 36.6 Å². The van der Waals surface area contributed by atoms with Gasteiger partial charge < -0.3 is 5.32 Å². The number of fused-ring (bicyclic) bond motifs is 1. The van der Waals surface area contributed by atoms with Crippen molar-refractivity contribution >= 4 is 73.9 Å². The lowest BCUT2D eigenvalue weighted by Crippen LogP contribution is -2.36. The number of benzene rings is 3. The molecule has 0 saturated carbocycles. The van der Waals surface area contributed by atoms with Gasteiger partial charge in [-0.15, -0.1) is 0 Å². The fourth-order valence-corrected chi connectivity index (χ4v) is 4.22. The summed E-state index contributed by atoms with van der Waals surface area (Å²) >= 11 is 3.03. The first-order chi connectivity index (χ1) is 14.0. The standard InChI is InChI=1S/C22H15IN2O3S/c23-16-8-10-17(11-9-16)24-20(26)13-25-21(27)19(29-22(25)28)12-15-6-3-5-14-4-1-2-7-18(14)15/h1-12H,13H2,(H,24,26)/b19-12+. The van der Waals surface area contributed by atoms with Crippen LogP contribution in [0, 0.1) is 3.57 Å². The molecule has 3 aromatic carbocycles. The monoisotopic (exact) mass is 514 g/mol. The molecule has 7 heteroatoms. The number of anilines is 1. The summed E-state index contributed by atoms with van der Waals surface area (Å²) in [5.74, 6) is -0.870. The summed E-state index contributed by atoms with van der Waals surface area (Å²) in [6, 6.07) is 20.9. The predicted octanol–water partition coefficient (Wildman–Crippen LogP) is 5.12. The van der Waals surface area contributed by atoms with Crippen molar-refractivity contribution in [3.8, 4) is 0 Å². The molecule has 5 nitrogen and oxygen atoms in total. The molecule has 1 heterocycles. The maximum absolute atomic E-state index is 12.7. The highest BCUT2D eigenvalue weighted by Crippen LogP contribution is 2.33. The van der Waals surface area contributed by atoms with E-state index in [0.29, 0.717) is 10.6 Å². The fraction of sp³-hybridized carbons (Fsp3) is 0.0455. The van der Waals surface area contributed by atoms with Crippen molar-refractivity contribution < 1.29 is 14.4 Å². The highest BCUT2D eigenvalue weighted by Gasteiger charge is 2.36. The summed E-state index contributed by atoms with van der Waals surface area (Å²) in [4.78, 5) is 38.6. The summed E-state index contributed by atoms with van der Waals surface area (Å²) in [6.07, 6.45) is 1.71. The van der Waals surface area contributed by atoms with Gasteiger partial charge in [-0.25, -0.2) is 0 Å². The molecule has 1 aliphatic rings. The minimum Gasteiger partial charge on any atom is -0.325 e. The summed E-state index contributed by atoms with van der Waals surface area (Å²) in [5, 5.41) is 4.32. The van der Waals surface area contributed by atoms with Crippen molar-refractivity contribution in [3.05, 3.63) is 80.8 Å². The smallest absolute Gasteiger partial charge is 0.294 e. The molecule has 0 bridgehead atoms. The number of hydrogen-bond donors (Lipinski definition) is 1. The molecule has 1 fully saturated rings. The summed E-state index contributed by atoms with van der Waals surface area (Å²) < 4.78 is 1.05. The average Bonchev–Trinajstić information content (AvgIpc) is 2.97. The van der Waals surface area contributed by atoms with Crippen molar-refractivity contribution in [2.75, 3.05) is 11.9 Å². The molecular formula is C22H15IN2O3S. The van der Waals surface area contributed by atoms with Crippen LogP contribution in [0.2, 0.25) is 0 Å². The third kappa shape index (κ3) is 4.35. The molecule has 3 amide bonds. The Morgan fingerprint density at radius 3 is 2.52 bits per heavy atom. The van der Waals surface area contributed by atoms with E-state index in [4.69, 9.17) is 0 Å². The molecule has 0 radical (unpaired) electrons. The Bertz CT molecular complexity index is 1150. The lowest BCUT2D eigenvalue weighted by molar-refractivity contribution is -0.127. The zero-order valence-electron chi connectivity index (χ0n) is 15.1. The Balaban J connectivity index is 1.52. The van der Waals surface area contributed by atoms with Gasteiger partial charge in [-0.3, -0.25) is 19.3 Å². The van der Waals surface area contributed by atoms with Crippen molar-refractivity contribution in [3.63, 3.8) is 0 Å². The predicted molar refractivity (Wildman–Crippen MR) is 124 cm³/mol. The maximum atomic E-state index is 12.7. The summed E-state index contributed by atoms with van der Waals surface area (Å²) in [6.45, 7) is -0.316. The summed E-state index contributed by atoms with van der Waals surface area (Å²) in [7, 11) is 0.